The van der Waals surface area contributed by atoms with Crippen molar-refractivity contribution in [2.75, 3.05) is 15.5 Å². The summed E-state index contributed by atoms with van der Waals surface area (Å²) in [6.45, 7) is 2.12. The summed E-state index contributed by atoms with van der Waals surface area (Å²) < 4.78 is 14.6. The van der Waals surface area contributed by atoms with E-state index in [1.165, 1.54) is 12.5 Å². The minimum absolute atomic E-state index is 0.117. The SMILES string of the molecule is Cc1cccc(F)c1N1Cc2cnc(N)cc2N(C2CCCCC2)C1=O. The highest BCUT2D eigenvalue weighted by molar-refractivity contribution is 6.07. The fourth-order valence-corrected chi connectivity index (χ4v) is 4.14. The highest BCUT2D eigenvalue weighted by atomic mass is 19.1. The first kappa shape index (κ1) is 16.8. The third-order valence-corrected chi connectivity index (χ3v) is 5.41. The van der Waals surface area contributed by atoms with Crippen LogP contribution in [0.25, 0.3) is 0 Å². The number of urea groups is 1. The first-order valence-corrected chi connectivity index (χ1v) is 9.16. The Morgan fingerprint density at radius 1 is 1.23 bits per heavy atom. The lowest BCUT2D eigenvalue weighted by Gasteiger charge is -2.42. The molecule has 2 N–H and O–H groups in total. The van der Waals surface area contributed by atoms with Crippen molar-refractivity contribution in [1.29, 1.82) is 0 Å². The van der Waals surface area contributed by atoms with Crippen LogP contribution in [0.3, 0.4) is 0 Å². The Kier molecular flexibility index (Phi) is 4.26. The van der Waals surface area contributed by atoms with Gasteiger partial charge in [-0.2, -0.15) is 0 Å². The van der Waals surface area contributed by atoms with Gasteiger partial charge in [0.25, 0.3) is 0 Å². The molecule has 0 radical (unpaired) electrons. The van der Waals surface area contributed by atoms with E-state index in [0.717, 1.165) is 42.5 Å². The molecule has 6 heteroatoms. The number of pyridine rings is 1. The number of carbonyl (C=O) groups excluding carboxylic acids is 1. The van der Waals surface area contributed by atoms with Crippen LogP contribution in [-0.4, -0.2) is 17.1 Å². The Balaban J connectivity index is 1.82. The van der Waals surface area contributed by atoms with Gasteiger partial charge >= 0.3 is 6.03 Å². The molecule has 0 atom stereocenters. The number of rotatable bonds is 2. The highest BCUT2D eigenvalue weighted by Crippen LogP contribution is 2.38. The van der Waals surface area contributed by atoms with E-state index in [1.807, 2.05) is 17.9 Å². The summed E-state index contributed by atoms with van der Waals surface area (Å²) in [6.07, 6.45) is 7.01. The first-order valence-electron chi connectivity index (χ1n) is 9.16. The molecule has 1 saturated carbocycles. The summed E-state index contributed by atoms with van der Waals surface area (Å²) in [5.41, 5.74) is 8.70. The summed E-state index contributed by atoms with van der Waals surface area (Å²) in [4.78, 5) is 21.0. The number of nitrogens with zero attached hydrogens (tertiary/aromatic N) is 3. The van der Waals surface area contributed by atoms with Crippen LogP contribution in [0.5, 0.6) is 0 Å². The molecule has 0 saturated heterocycles. The number of benzene rings is 1. The Morgan fingerprint density at radius 2 is 2.00 bits per heavy atom. The van der Waals surface area contributed by atoms with Crippen molar-refractivity contribution < 1.29 is 9.18 Å². The van der Waals surface area contributed by atoms with Crippen LogP contribution in [0.4, 0.5) is 26.4 Å². The standard InChI is InChI=1S/C20H23FN4O/c1-13-6-5-9-16(21)19(13)24-12-14-11-23-18(22)10-17(14)25(20(24)26)15-7-3-2-4-8-15/h5-6,9-11,15H,2-4,7-8,12H2,1H3,(H2,22,23). The molecule has 0 bridgehead atoms. The van der Waals surface area contributed by atoms with Gasteiger partial charge in [-0.15, -0.1) is 0 Å². The maximum atomic E-state index is 14.6. The average molecular weight is 354 g/mol. The maximum absolute atomic E-state index is 14.6. The van der Waals surface area contributed by atoms with Crippen LogP contribution in [0, 0.1) is 12.7 Å². The fraction of sp³-hybridized carbons (Fsp3) is 0.400. The van der Waals surface area contributed by atoms with E-state index < -0.39 is 0 Å². The number of nitrogen functional groups attached to an aromatic ring is 1. The van der Waals surface area contributed by atoms with E-state index in [1.54, 1.807) is 23.2 Å². The molecule has 1 aromatic heterocycles. The van der Waals surface area contributed by atoms with Crippen molar-refractivity contribution >= 4 is 23.2 Å². The van der Waals surface area contributed by atoms with Gasteiger partial charge in [-0.25, -0.2) is 14.2 Å². The topological polar surface area (TPSA) is 62.5 Å². The zero-order chi connectivity index (χ0) is 18.3. The zero-order valence-corrected chi connectivity index (χ0v) is 14.9. The number of halogens is 1. The smallest absolute Gasteiger partial charge is 0.329 e. The third kappa shape index (κ3) is 2.79. The second kappa shape index (κ2) is 6.59. The molecule has 1 aliphatic heterocycles. The van der Waals surface area contributed by atoms with Crippen LogP contribution in [0.15, 0.2) is 30.5 Å². The van der Waals surface area contributed by atoms with E-state index in [0.29, 0.717) is 18.1 Å². The summed E-state index contributed by atoms with van der Waals surface area (Å²) in [5, 5.41) is 0. The Hall–Kier alpha value is -2.63. The molecule has 2 aromatic rings. The molecule has 4 rings (SSSR count). The monoisotopic (exact) mass is 354 g/mol. The van der Waals surface area contributed by atoms with Crippen LogP contribution in [-0.2, 0) is 6.54 Å². The van der Waals surface area contributed by atoms with Crippen LogP contribution < -0.4 is 15.5 Å². The molecule has 1 fully saturated rings. The molecular formula is C20H23FN4O. The number of aryl methyl sites for hydroxylation is 1. The highest BCUT2D eigenvalue weighted by Gasteiger charge is 2.37. The van der Waals surface area contributed by atoms with Gasteiger partial charge in [0.2, 0.25) is 0 Å². The lowest BCUT2D eigenvalue weighted by molar-refractivity contribution is 0.244. The third-order valence-electron chi connectivity index (χ3n) is 5.41. The minimum atomic E-state index is -0.381. The molecule has 1 aliphatic carbocycles. The second-order valence-corrected chi connectivity index (χ2v) is 7.17. The van der Waals surface area contributed by atoms with E-state index >= 15 is 0 Å². The van der Waals surface area contributed by atoms with Gasteiger partial charge in [0.05, 0.1) is 17.9 Å². The van der Waals surface area contributed by atoms with Crippen LogP contribution in [0.1, 0.15) is 43.2 Å². The number of fused-ring (bicyclic) bond motifs is 1. The van der Waals surface area contributed by atoms with Gasteiger partial charge < -0.3 is 5.73 Å². The molecule has 5 nitrogen and oxygen atoms in total. The van der Waals surface area contributed by atoms with E-state index in [9.17, 15) is 9.18 Å². The number of carbonyl (C=O) groups is 1. The molecule has 2 aliphatic rings. The normalized spacial score (nSPS) is 18.2. The van der Waals surface area contributed by atoms with Crippen molar-refractivity contribution in [1.82, 2.24) is 4.98 Å². The second-order valence-electron chi connectivity index (χ2n) is 7.17. The van der Waals surface area contributed by atoms with Gasteiger partial charge in [-0.1, -0.05) is 31.4 Å². The minimum Gasteiger partial charge on any atom is -0.384 e. The molecule has 0 spiro atoms. The van der Waals surface area contributed by atoms with Crippen molar-refractivity contribution in [3.63, 3.8) is 0 Å². The van der Waals surface area contributed by atoms with Gasteiger partial charge in [-0.3, -0.25) is 9.80 Å². The van der Waals surface area contributed by atoms with Crippen molar-refractivity contribution in [3.05, 3.63) is 47.4 Å². The number of hydrogen-bond donors (Lipinski definition) is 1. The van der Waals surface area contributed by atoms with Gasteiger partial charge in [-0.05, 0) is 31.4 Å². The number of para-hydroxylation sites is 1. The zero-order valence-electron chi connectivity index (χ0n) is 14.9. The predicted molar refractivity (Wildman–Crippen MR) is 101 cm³/mol. The van der Waals surface area contributed by atoms with Crippen molar-refractivity contribution in [2.45, 2.75) is 51.6 Å². The van der Waals surface area contributed by atoms with Gasteiger partial charge in [0.1, 0.15) is 11.6 Å². The average Bonchev–Trinajstić information content (AvgIpc) is 2.63. The summed E-state index contributed by atoms with van der Waals surface area (Å²) >= 11 is 0. The number of amides is 2. The lowest BCUT2D eigenvalue weighted by atomic mass is 9.93. The van der Waals surface area contributed by atoms with Gasteiger partial charge in [0.15, 0.2) is 0 Å². The predicted octanol–water partition coefficient (Wildman–Crippen LogP) is 4.39. The number of aromatic nitrogens is 1. The summed E-state index contributed by atoms with van der Waals surface area (Å²) in [6, 6.07) is 6.60. The lowest BCUT2D eigenvalue weighted by Crippen LogP contribution is -2.53. The van der Waals surface area contributed by atoms with E-state index in [4.69, 9.17) is 5.73 Å². The maximum Gasteiger partial charge on any atom is 0.329 e. The van der Waals surface area contributed by atoms with E-state index in [-0.39, 0.29) is 17.9 Å². The first-order chi connectivity index (χ1) is 12.6. The number of anilines is 3. The van der Waals surface area contributed by atoms with Crippen LogP contribution >= 0.6 is 0 Å². The molecule has 136 valence electrons. The van der Waals surface area contributed by atoms with Crippen LogP contribution in [0.2, 0.25) is 0 Å². The number of nitrogens with two attached hydrogens (primary N) is 1. The summed E-state index contributed by atoms with van der Waals surface area (Å²) in [5.74, 6) is 0.0154. The van der Waals surface area contributed by atoms with Crippen molar-refractivity contribution in [3.8, 4) is 0 Å². The largest absolute Gasteiger partial charge is 0.384 e. The molecular weight excluding hydrogens is 331 g/mol. The Morgan fingerprint density at radius 3 is 2.73 bits per heavy atom. The van der Waals surface area contributed by atoms with Crippen molar-refractivity contribution in [2.24, 2.45) is 0 Å². The summed E-state index contributed by atoms with van der Waals surface area (Å²) in [7, 11) is 0. The molecule has 1 aromatic carbocycles. The molecule has 0 unspecified atom stereocenters. The quantitative estimate of drug-likeness (QED) is 0.870. The molecule has 2 heterocycles. The van der Waals surface area contributed by atoms with E-state index in [2.05, 4.69) is 4.98 Å². The fourth-order valence-electron chi connectivity index (χ4n) is 4.14. The Bertz CT molecular complexity index is 827. The molecule has 26 heavy (non-hydrogen) atoms. The number of hydrogen-bond acceptors (Lipinski definition) is 3. The van der Waals surface area contributed by atoms with Gasteiger partial charge in [0, 0.05) is 23.9 Å². The molecule has 2 amide bonds. The Labute approximate surface area is 152 Å².